The van der Waals surface area contributed by atoms with E-state index in [1.165, 1.54) is 0 Å². The van der Waals surface area contributed by atoms with Gasteiger partial charge in [-0.2, -0.15) is 0 Å². The molecule has 0 saturated carbocycles. The average Bonchev–Trinajstić information content (AvgIpc) is 3.25. The van der Waals surface area contributed by atoms with Gasteiger partial charge in [0, 0.05) is 67.6 Å². The molecule has 8 nitrogen and oxygen atoms in total. The van der Waals surface area contributed by atoms with Crippen molar-refractivity contribution in [2.24, 2.45) is 0 Å². The van der Waals surface area contributed by atoms with Crippen LogP contribution in [0.4, 0.5) is 0 Å². The van der Waals surface area contributed by atoms with Crippen molar-refractivity contribution in [1.82, 2.24) is 9.80 Å². The molecular formula is C30H40N2O6. The van der Waals surface area contributed by atoms with E-state index in [0.717, 1.165) is 102 Å². The van der Waals surface area contributed by atoms with E-state index in [4.69, 9.17) is 23.7 Å². The lowest BCUT2D eigenvalue weighted by atomic mass is 10.0. The molecule has 5 rings (SSSR count). The molecule has 0 bridgehead atoms. The van der Waals surface area contributed by atoms with E-state index < -0.39 is 0 Å². The zero-order chi connectivity index (χ0) is 26.2. The van der Waals surface area contributed by atoms with Crippen LogP contribution in [0.1, 0.15) is 42.1 Å². The van der Waals surface area contributed by atoms with Gasteiger partial charge in [-0.3, -0.25) is 14.6 Å². The summed E-state index contributed by atoms with van der Waals surface area (Å²) >= 11 is 0. The molecule has 2 saturated heterocycles. The molecule has 0 spiro atoms. The summed E-state index contributed by atoms with van der Waals surface area (Å²) in [6, 6.07) is 9.53. The molecule has 2 aromatic carbocycles. The Bertz CT molecular complexity index is 1080. The van der Waals surface area contributed by atoms with Crippen molar-refractivity contribution in [1.29, 1.82) is 0 Å². The number of rotatable bonds is 13. The monoisotopic (exact) mass is 524 g/mol. The number of ketones is 1. The van der Waals surface area contributed by atoms with Gasteiger partial charge in [0.2, 0.25) is 0 Å². The summed E-state index contributed by atoms with van der Waals surface area (Å²) in [5.41, 5.74) is 2.95. The number of carbonyl (C=O) groups is 1. The molecule has 8 heteroatoms. The number of nitrogens with zero attached hydrogens (tertiary/aromatic N) is 2. The van der Waals surface area contributed by atoms with Crippen molar-refractivity contribution in [2.45, 2.75) is 26.2 Å². The highest BCUT2D eigenvalue weighted by Gasteiger charge is 2.33. The molecule has 0 aromatic heterocycles. The molecule has 2 fully saturated rings. The Balaban J connectivity index is 1.28. The van der Waals surface area contributed by atoms with E-state index in [1.54, 1.807) is 0 Å². The first-order chi connectivity index (χ1) is 18.7. The van der Waals surface area contributed by atoms with Gasteiger partial charge in [0.1, 0.15) is 17.2 Å². The summed E-state index contributed by atoms with van der Waals surface area (Å²) in [6.45, 7) is 12.8. The van der Waals surface area contributed by atoms with Gasteiger partial charge in [0.25, 0.3) is 0 Å². The van der Waals surface area contributed by atoms with Crippen LogP contribution in [0.15, 0.2) is 30.3 Å². The molecule has 0 atom stereocenters. The van der Waals surface area contributed by atoms with E-state index in [0.29, 0.717) is 42.4 Å². The van der Waals surface area contributed by atoms with Gasteiger partial charge in [-0.15, -0.1) is 0 Å². The number of benzene rings is 2. The highest BCUT2D eigenvalue weighted by molar-refractivity contribution is 6.23. The third-order valence-electron chi connectivity index (χ3n) is 7.27. The summed E-state index contributed by atoms with van der Waals surface area (Å²) in [6.07, 6.45) is 2.71. The lowest BCUT2D eigenvalue weighted by molar-refractivity contribution is 0.0357. The molecule has 2 aliphatic heterocycles. The third kappa shape index (κ3) is 6.49. The zero-order valence-corrected chi connectivity index (χ0v) is 22.5. The standard InChI is InChI=1S/C30H40N2O6/c1-2-14-37-27-22-23(36-15-4-8-31-10-17-34-18-11-31)21-25-29(27)28-24(30(25)33)6-3-7-26(28)38-16-5-9-32-12-19-35-20-13-32/h3,6-7,21-22H,2,4-5,8-20H2,1H3. The molecule has 2 aromatic rings. The number of morpholine rings is 2. The van der Waals surface area contributed by atoms with Crippen LogP contribution >= 0.6 is 0 Å². The SMILES string of the molecule is CCCOc1cc(OCCCN2CCOCC2)cc2c1-c1c(OCCCN3CCOCC3)cccc1C2=O. The fraction of sp³-hybridized carbons (Fsp3) is 0.567. The van der Waals surface area contributed by atoms with Gasteiger partial charge in [0.05, 0.1) is 46.2 Å². The smallest absolute Gasteiger partial charge is 0.194 e. The van der Waals surface area contributed by atoms with Crippen molar-refractivity contribution in [3.05, 3.63) is 41.5 Å². The molecule has 2 heterocycles. The van der Waals surface area contributed by atoms with E-state index in [2.05, 4.69) is 16.7 Å². The molecular weight excluding hydrogens is 484 g/mol. The van der Waals surface area contributed by atoms with Crippen molar-refractivity contribution < 1.29 is 28.5 Å². The maximum atomic E-state index is 13.5. The molecule has 0 N–H and O–H groups in total. The molecule has 3 aliphatic rings. The number of fused-ring (bicyclic) bond motifs is 3. The molecule has 0 unspecified atom stereocenters. The van der Waals surface area contributed by atoms with E-state index in [-0.39, 0.29) is 5.78 Å². The quantitative estimate of drug-likeness (QED) is 0.312. The second-order valence-electron chi connectivity index (χ2n) is 10.0. The van der Waals surface area contributed by atoms with Crippen LogP contribution in [-0.2, 0) is 9.47 Å². The first-order valence-corrected chi connectivity index (χ1v) is 14.1. The lowest BCUT2D eigenvalue weighted by Gasteiger charge is -2.26. The Labute approximate surface area is 225 Å². The molecule has 38 heavy (non-hydrogen) atoms. The van der Waals surface area contributed by atoms with E-state index >= 15 is 0 Å². The zero-order valence-electron chi connectivity index (χ0n) is 22.5. The summed E-state index contributed by atoms with van der Waals surface area (Å²) in [7, 11) is 0. The Hall–Kier alpha value is -2.65. The van der Waals surface area contributed by atoms with Crippen LogP contribution in [0.25, 0.3) is 11.1 Å². The van der Waals surface area contributed by atoms with Crippen LogP contribution in [-0.4, -0.2) is 101 Å². The van der Waals surface area contributed by atoms with Crippen LogP contribution in [0, 0.1) is 0 Å². The van der Waals surface area contributed by atoms with Crippen molar-refractivity contribution >= 4 is 5.78 Å². The second-order valence-corrected chi connectivity index (χ2v) is 10.0. The van der Waals surface area contributed by atoms with Gasteiger partial charge >= 0.3 is 0 Å². The fourth-order valence-corrected chi connectivity index (χ4v) is 5.28. The average molecular weight is 525 g/mol. The highest BCUT2D eigenvalue weighted by atomic mass is 16.5. The van der Waals surface area contributed by atoms with Crippen molar-refractivity contribution in [3.63, 3.8) is 0 Å². The predicted octanol–water partition coefficient (Wildman–Crippen LogP) is 3.89. The third-order valence-corrected chi connectivity index (χ3v) is 7.27. The summed E-state index contributed by atoms with van der Waals surface area (Å²) in [5.74, 6) is 2.08. The second kappa shape index (κ2) is 13.4. The minimum absolute atomic E-state index is 0.00566. The van der Waals surface area contributed by atoms with Gasteiger partial charge in [-0.25, -0.2) is 0 Å². The highest BCUT2D eigenvalue weighted by Crippen LogP contribution is 2.49. The lowest BCUT2D eigenvalue weighted by Crippen LogP contribution is -2.37. The minimum Gasteiger partial charge on any atom is -0.493 e. The van der Waals surface area contributed by atoms with Crippen LogP contribution in [0.3, 0.4) is 0 Å². The maximum Gasteiger partial charge on any atom is 0.194 e. The summed E-state index contributed by atoms with van der Waals surface area (Å²) in [4.78, 5) is 18.3. The number of ether oxygens (including phenoxy) is 5. The molecule has 0 radical (unpaired) electrons. The predicted molar refractivity (Wildman–Crippen MR) is 146 cm³/mol. The number of carbonyl (C=O) groups excluding carboxylic acids is 1. The number of hydrogen-bond donors (Lipinski definition) is 0. The molecule has 0 amide bonds. The van der Waals surface area contributed by atoms with Crippen molar-refractivity contribution in [3.8, 4) is 28.4 Å². The summed E-state index contributed by atoms with van der Waals surface area (Å²) in [5, 5.41) is 0. The van der Waals surface area contributed by atoms with Gasteiger partial charge in [-0.1, -0.05) is 19.1 Å². The van der Waals surface area contributed by atoms with Crippen LogP contribution in [0.5, 0.6) is 17.2 Å². The largest absolute Gasteiger partial charge is 0.493 e. The Morgan fingerprint density at radius 2 is 1.34 bits per heavy atom. The van der Waals surface area contributed by atoms with Gasteiger partial charge in [0.15, 0.2) is 5.78 Å². The number of hydrogen-bond acceptors (Lipinski definition) is 8. The Kier molecular flexibility index (Phi) is 9.52. The first kappa shape index (κ1) is 26.9. The normalized spacial score (nSPS) is 17.8. The van der Waals surface area contributed by atoms with E-state index in [1.807, 2.05) is 30.3 Å². The van der Waals surface area contributed by atoms with Crippen LogP contribution < -0.4 is 14.2 Å². The van der Waals surface area contributed by atoms with Gasteiger partial charge < -0.3 is 23.7 Å². The Morgan fingerprint density at radius 1 is 0.737 bits per heavy atom. The first-order valence-electron chi connectivity index (χ1n) is 14.1. The maximum absolute atomic E-state index is 13.5. The Morgan fingerprint density at radius 3 is 2.00 bits per heavy atom. The topological polar surface area (TPSA) is 69.7 Å². The van der Waals surface area contributed by atoms with Gasteiger partial charge in [-0.05, 0) is 31.4 Å². The fourth-order valence-electron chi connectivity index (χ4n) is 5.28. The molecule has 206 valence electrons. The van der Waals surface area contributed by atoms with Crippen LogP contribution in [0.2, 0.25) is 0 Å². The minimum atomic E-state index is -0.00566. The summed E-state index contributed by atoms with van der Waals surface area (Å²) < 4.78 is 29.4. The van der Waals surface area contributed by atoms with Crippen molar-refractivity contribution in [2.75, 3.05) is 85.5 Å². The molecule has 1 aliphatic carbocycles. The van der Waals surface area contributed by atoms with E-state index in [9.17, 15) is 4.79 Å².